The minimum atomic E-state index is 0.708. The zero-order chi connectivity index (χ0) is 35.6. The molecule has 0 aliphatic rings. The van der Waals surface area contributed by atoms with Crippen molar-refractivity contribution in [2.45, 2.75) is 0 Å². The molecular weight excluding hydrogens is 657 g/mol. The zero-order valence-electron chi connectivity index (χ0n) is 29.3. The maximum atomic E-state index is 5.30. The van der Waals surface area contributed by atoms with E-state index >= 15 is 0 Å². The lowest BCUT2D eigenvalue weighted by atomic mass is 10.0. The average Bonchev–Trinajstić information content (AvgIpc) is 3.58. The number of aromatic nitrogens is 4. The fourth-order valence-corrected chi connectivity index (χ4v) is 8.28. The van der Waals surface area contributed by atoms with Crippen LogP contribution in [-0.2, 0) is 0 Å². The molecule has 0 radical (unpaired) electrons. The van der Waals surface area contributed by atoms with Crippen LogP contribution in [0.3, 0.4) is 0 Å². The van der Waals surface area contributed by atoms with E-state index in [0.29, 0.717) is 5.82 Å². The molecule has 11 rings (SSSR count). The maximum absolute atomic E-state index is 5.30. The third-order valence-corrected chi connectivity index (χ3v) is 10.7. The first-order chi connectivity index (χ1) is 26.8. The number of benzene rings is 8. The molecule has 8 aromatic carbocycles. The molecule has 0 aliphatic heterocycles. The van der Waals surface area contributed by atoms with Crippen LogP contribution >= 0.6 is 0 Å². The van der Waals surface area contributed by atoms with Crippen LogP contribution in [0.5, 0.6) is 0 Å². The van der Waals surface area contributed by atoms with Gasteiger partial charge in [-0.3, -0.25) is 0 Å². The Morgan fingerprint density at radius 2 is 0.907 bits per heavy atom. The van der Waals surface area contributed by atoms with Gasteiger partial charge in [-0.25, -0.2) is 9.97 Å². The lowest BCUT2D eigenvalue weighted by Crippen LogP contribution is -2.00. The quantitative estimate of drug-likeness (QED) is 0.184. The fourth-order valence-electron chi connectivity index (χ4n) is 8.28. The van der Waals surface area contributed by atoms with Gasteiger partial charge in [0.25, 0.3) is 0 Å². The van der Waals surface area contributed by atoms with Crippen molar-refractivity contribution in [1.82, 2.24) is 18.9 Å². The molecule has 3 aromatic heterocycles. The Morgan fingerprint density at radius 3 is 1.70 bits per heavy atom. The second kappa shape index (κ2) is 12.1. The van der Waals surface area contributed by atoms with Crippen molar-refractivity contribution in [3.63, 3.8) is 0 Å². The summed E-state index contributed by atoms with van der Waals surface area (Å²) in [7, 11) is 0. The van der Waals surface area contributed by atoms with Crippen LogP contribution in [0.4, 0.5) is 0 Å². The van der Waals surface area contributed by atoms with E-state index in [1.807, 2.05) is 6.07 Å². The normalized spacial score (nSPS) is 11.7. The molecule has 0 N–H and O–H groups in total. The Labute approximate surface area is 311 Å². The van der Waals surface area contributed by atoms with Gasteiger partial charge in [-0.2, -0.15) is 0 Å². The summed E-state index contributed by atoms with van der Waals surface area (Å²) in [5.74, 6) is 0.708. The summed E-state index contributed by atoms with van der Waals surface area (Å²) in [5.41, 5.74) is 13.1. The van der Waals surface area contributed by atoms with Crippen molar-refractivity contribution in [1.29, 1.82) is 0 Å². The van der Waals surface area contributed by atoms with E-state index in [2.05, 4.69) is 197 Å². The fraction of sp³-hybridized carbons (Fsp3) is 0. The van der Waals surface area contributed by atoms with E-state index in [-0.39, 0.29) is 0 Å². The van der Waals surface area contributed by atoms with Crippen molar-refractivity contribution in [3.8, 4) is 39.5 Å². The summed E-state index contributed by atoms with van der Waals surface area (Å²) in [6.45, 7) is 0. The van der Waals surface area contributed by atoms with Crippen LogP contribution in [0.15, 0.2) is 194 Å². The molecule has 0 fully saturated rings. The molecule has 0 spiro atoms. The highest BCUT2D eigenvalue weighted by Gasteiger charge is 2.18. The minimum absolute atomic E-state index is 0.708. The lowest BCUT2D eigenvalue weighted by molar-refractivity contribution is 1.16. The smallest absolute Gasteiger partial charge is 0.160 e. The Balaban J connectivity index is 1.19. The Morgan fingerprint density at radius 1 is 0.333 bits per heavy atom. The zero-order valence-corrected chi connectivity index (χ0v) is 29.3. The van der Waals surface area contributed by atoms with E-state index < -0.39 is 0 Å². The topological polar surface area (TPSA) is 35.1 Å². The molecule has 0 saturated carbocycles. The Bertz CT molecular complexity index is 3250. The lowest BCUT2D eigenvalue weighted by Gasteiger charge is -2.16. The van der Waals surface area contributed by atoms with Crippen LogP contribution in [-0.4, -0.2) is 18.9 Å². The summed E-state index contributed by atoms with van der Waals surface area (Å²) >= 11 is 0. The van der Waals surface area contributed by atoms with Crippen molar-refractivity contribution in [2.24, 2.45) is 0 Å². The molecule has 4 heteroatoms. The van der Waals surface area contributed by atoms with Crippen LogP contribution in [0, 0.1) is 0 Å². The number of hydrogen-bond donors (Lipinski definition) is 0. The van der Waals surface area contributed by atoms with Gasteiger partial charge in [-0.1, -0.05) is 140 Å². The first kappa shape index (κ1) is 30.3. The number of rotatable bonds is 4. The standard InChI is InChI=1S/C50H32N4/c1-3-14-33(15-4-1)34-26-28-35(29-27-34)48-41-19-7-9-22-43(41)51-50(52-48)36-30-31-45-42(32-36)40-21-13-20-39-38-18-8-10-23-44(38)53(37-16-5-2-6-17-37)46-24-11-12-25-47(46)54(45)49(39)40/h1-32H. The molecule has 3 heterocycles. The molecule has 0 saturated heterocycles. The van der Waals surface area contributed by atoms with Crippen molar-refractivity contribution < 1.29 is 0 Å². The first-order valence-corrected chi connectivity index (χ1v) is 18.3. The van der Waals surface area contributed by atoms with Gasteiger partial charge in [-0.05, 0) is 65.7 Å². The second-order valence-electron chi connectivity index (χ2n) is 13.8. The molecular formula is C50H32N4. The summed E-state index contributed by atoms with van der Waals surface area (Å²) in [6.07, 6.45) is 0. The molecule has 0 atom stereocenters. The van der Waals surface area contributed by atoms with Crippen molar-refractivity contribution in [3.05, 3.63) is 194 Å². The molecule has 0 bridgehead atoms. The molecule has 11 aromatic rings. The van der Waals surface area contributed by atoms with E-state index in [1.165, 1.54) is 32.8 Å². The predicted molar refractivity (Wildman–Crippen MR) is 225 cm³/mol. The molecule has 0 aliphatic carbocycles. The van der Waals surface area contributed by atoms with Crippen LogP contribution in [0.25, 0.3) is 99.5 Å². The summed E-state index contributed by atoms with van der Waals surface area (Å²) in [6, 6.07) is 69.1. The highest BCUT2D eigenvalue weighted by Crippen LogP contribution is 2.39. The van der Waals surface area contributed by atoms with Gasteiger partial charge in [0.2, 0.25) is 0 Å². The number of fused-ring (bicyclic) bond motifs is 8. The molecule has 252 valence electrons. The van der Waals surface area contributed by atoms with Gasteiger partial charge < -0.3 is 8.97 Å². The summed E-state index contributed by atoms with van der Waals surface area (Å²) in [5, 5.41) is 5.77. The summed E-state index contributed by atoms with van der Waals surface area (Å²) < 4.78 is 4.84. The van der Waals surface area contributed by atoms with Gasteiger partial charge in [0, 0.05) is 43.7 Å². The Hall–Kier alpha value is -7.30. The van der Waals surface area contributed by atoms with Crippen LogP contribution < -0.4 is 0 Å². The number of nitrogens with zero attached hydrogens (tertiary/aromatic N) is 4. The van der Waals surface area contributed by atoms with Crippen LogP contribution in [0.2, 0.25) is 0 Å². The third kappa shape index (κ3) is 4.70. The average molecular weight is 689 g/mol. The van der Waals surface area contributed by atoms with Gasteiger partial charge in [0.05, 0.1) is 38.8 Å². The molecule has 0 amide bonds. The number of hydrogen-bond acceptors (Lipinski definition) is 2. The molecule has 4 nitrogen and oxygen atoms in total. The van der Waals surface area contributed by atoms with Crippen LogP contribution in [0.1, 0.15) is 0 Å². The van der Waals surface area contributed by atoms with Gasteiger partial charge >= 0.3 is 0 Å². The van der Waals surface area contributed by atoms with Gasteiger partial charge in [0.1, 0.15) is 0 Å². The van der Waals surface area contributed by atoms with Gasteiger partial charge in [-0.15, -0.1) is 0 Å². The predicted octanol–water partition coefficient (Wildman–Crippen LogP) is 12.8. The Kier molecular flexibility index (Phi) is 6.82. The third-order valence-electron chi connectivity index (χ3n) is 10.7. The second-order valence-corrected chi connectivity index (χ2v) is 13.8. The van der Waals surface area contributed by atoms with E-state index in [0.717, 1.165) is 60.9 Å². The largest absolute Gasteiger partial charge is 0.308 e. The first-order valence-electron chi connectivity index (χ1n) is 18.3. The highest BCUT2D eigenvalue weighted by atomic mass is 15.0. The monoisotopic (exact) mass is 688 g/mol. The molecule has 0 unspecified atom stereocenters. The minimum Gasteiger partial charge on any atom is -0.308 e. The van der Waals surface area contributed by atoms with Gasteiger partial charge in [0.15, 0.2) is 5.82 Å². The van der Waals surface area contributed by atoms with Crippen molar-refractivity contribution >= 4 is 60.0 Å². The SMILES string of the molecule is c1ccc(-c2ccc(-c3nc(-c4ccc5c(c4)c4cccc6c7ccccc7n(-c7ccccc7)c7ccccc7n5c64)nc4ccccc34)cc2)cc1. The maximum Gasteiger partial charge on any atom is 0.160 e. The highest BCUT2D eigenvalue weighted by molar-refractivity contribution is 6.21. The van der Waals surface area contributed by atoms with E-state index in [4.69, 9.17) is 9.97 Å². The summed E-state index contributed by atoms with van der Waals surface area (Å²) in [4.78, 5) is 10.5. The van der Waals surface area contributed by atoms with E-state index in [9.17, 15) is 0 Å². The number of para-hydroxylation sites is 6. The molecule has 54 heavy (non-hydrogen) atoms. The van der Waals surface area contributed by atoms with E-state index in [1.54, 1.807) is 0 Å². The van der Waals surface area contributed by atoms with Crippen molar-refractivity contribution in [2.75, 3.05) is 0 Å².